The average Bonchev–Trinajstić information content (AvgIpc) is 3.39. The molecule has 1 aromatic carbocycles. The largest absolute Gasteiger partial charge is 0.419 e. The summed E-state index contributed by atoms with van der Waals surface area (Å²) in [4.78, 5) is 2.57. The number of likely N-dealkylation sites (tertiary alicyclic amines) is 1. The van der Waals surface area contributed by atoms with Gasteiger partial charge in [0.15, 0.2) is 0 Å². The van der Waals surface area contributed by atoms with Crippen LogP contribution in [0.25, 0.3) is 0 Å². The lowest BCUT2D eigenvalue weighted by molar-refractivity contribution is -0.140. The van der Waals surface area contributed by atoms with Crippen molar-refractivity contribution in [3.8, 4) is 0 Å². The summed E-state index contributed by atoms with van der Waals surface area (Å²) < 4.78 is 51.4. The average molecular weight is 342 g/mol. The molecule has 2 saturated carbocycles. The zero-order chi connectivity index (χ0) is 16.9. The van der Waals surface area contributed by atoms with Crippen LogP contribution >= 0.6 is 0 Å². The van der Waals surface area contributed by atoms with Crippen LogP contribution < -0.4 is 5.32 Å². The van der Waals surface area contributed by atoms with Crippen LogP contribution in [-0.4, -0.2) is 31.1 Å². The molecule has 2 unspecified atom stereocenters. The van der Waals surface area contributed by atoms with Crippen LogP contribution in [0.1, 0.15) is 24.0 Å². The van der Waals surface area contributed by atoms with Gasteiger partial charge >= 0.3 is 6.18 Å². The molecule has 0 aromatic heterocycles. The molecule has 2 aliphatic carbocycles. The van der Waals surface area contributed by atoms with E-state index in [1.807, 2.05) is 0 Å². The Labute approximate surface area is 139 Å². The first-order valence-electron chi connectivity index (χ1n) is 8.70. The van der Waals surface area contributed by atoms with E-state index < -0.39 is 17.6 Å². The number of benzene rings is 1. The van der Waals surface area contributed by atoms with Crippen LogP contribution in [0, 0.1) is 29.5 Å². The van der Waals surface area contributed by atoms with Crippen molar-refractivity contribution >= 4 is 0 Å². The molecule has 1 saturated heterocycles. The normalized spacial score (nSPS) is 29.8. The summed E-state index contributed by atoms with van der Waals surface area (Å²) in [6.45, 7) is 4.81. The number of halogens is 4. The Kier molecular flexibility index (Phi) is 4.07. The smallest absolute Gasteiger partial charge is 0.312 e. The third-order valence-electron chi connectivity index (χ3n) is 5.71. The maximum atomic E-state index is 13.3. The molecule has 2 nitrogen and oxygen atoms in total. The molecule has 1 N–H and O–H groups in total. The summed E-state index contributed by atoms with van der Waals surface area (Å²) in [6.07, 6.45) is -1.87. The summed E-state index contributed by atoms with van der Waals surface area (Å²) in [5, 5.41) is 3.25. The minimum atomic E-state index is -4.64. The van der Waals surface area contributed by atoms with E-state index in [2.05, 4.69) is 10.2 Å². The molecule has 3 fully saturated rings. The molecule has 4 rings (SSSR count). The van der Waals surface area contributed by atoms with Crippen LogP contribution in [0.4, 0.5) is 17.6 Å². The van der Waals surface area contributed by atoms with E-state index in [1.165, 1.54) is 38.5 Å². The highest BCUT2D eigenvalue weighted by Gasteiger charge is 2.55. The summed E-state index contributed by atoms with van der Waals surface area (Å²) in [5.74, 6) is 1.90. The molecule has 1 heterocycles. The first-order valence-corrected chi connectivity index (χ1v) is 8.70. The second kappa shape index (κ2) is 5.99. The highest BCUT2D eigenvalue weighted by molar-refractivity contribution is 5.27. The fraction of sp³-hybridized carbons (Fsp3) is 0.667. The lowest BCUT2D eigenvalue weighted by atomic mass is 10.1. The van der Waals surface area contributed by atoms with E-state index in [1.54, 1.807) is 0 Å². The lowest BCUT2D eigenvalue weighted by Crippen LogP contribution is -2.29. The van der Waals surface area contributed by atoms with Crippen LogP contribution in [0.15, 0.2) is 18.2 Å². The molecule has 3 aliphatic rings. The van der Waals surface area contributed by atoms with E-state index in [-0.39, 0.29) is 0 Å². The van der Waals surface area contributed by atoms with E-state index in [0.717, 1.165) is 36.4 Å². The fourth-order valence-electron chi connectivity index (χ4n) is 4.14. The molecule has 6 heteroatoms. The molecular formula is C18H22F4N2. The van der Waals surface area contributed by atoms with E-state index in [9.17, 15) is 17.6 Å². The van der Waals surface area contributed by atoms with Crippen LogP contribution in [0.5, 0.6) is 0 Å². The molecule has 0 radical (unpaired) electrons. The number of nitrogens with one attached hydrogen (secondary N) is 1. The minimum Gasteiger partial charge on any atom is -0.312 e. The molecule has 2 atom stereocenters. The number of nitrogens with zero attached hydrogens (tertiary/aromatic N) is 1. The minimum absolute atomic E-state index is 0.352. The zero-order valence-corrected chi connectivity index (χ0v) is 13.5. The Hall–Kier alpha value is -1.14. The highest BCUT2D eigenvalue weighted by Crippen LogP contribution is 2.51. The van der Waals surface area contributed by atoms with Gasteiger partial charge in [0, 0.05) is 26.2 Å². The third kappa shape index (κ3) is 3.45. The topological polar surface area (TPSA) is 15.3 Å². The number of fused-ring (bicyclic) bond motifs is 1. The van der Waals surface area contributed by atoms with E-state index in [4.69, 9.17) is 0 Å². The molecular weight excluding hydrogens is 320 g/mol. The van der Waals surface area contributed by atoms with Crippen LogP contribution in [-0.2, 0) is 12.7 Å². The third-order valence-corrected chi connectivity index (χ3v) is 5.71. The molecule has 1 aliphatic heterocycles. The SMILES string of the molecule is Fc1ccc(CNCC2C3CN(CC4CC4)CC23)cc1C(F)(F)F. The van der Waals surface area contributed by atoms with Gasteiger partial charge < -0.3 is 10.2 Å². The van der Waals surface area contributed by atoms with E-state index >= 15 is 0 Å². The van der Waals surface area contributed by atoms with Gasteiger partial charge in [0.1, 0.15) is 5.82 Å². The zero-order valence-electron chi connectivity index (χ0n) is 13.5. The van der Waals surface area contributed by atoms with Crippen LogP contribution in [0.2, 0.25) is 0 Å². The lowest BCUT2D eigenvalue weighted by Gasteiger charge is -2.19. The van der Waals surface area contributed by atoms with Crippen molar-refractivity contribution in [3.05, 3.63) is 35.1 Å². The molecule has 0 amide bonds. The van der Waals surface area contributed by atoms with Gasteiger partial charge in [-0.05, 0) is 60.8 Å². The van der Waals surface area contributed by atoms with Crippen molar-refractivity contribution < 1.29 is 17.6 Å². The summed E-state index contributed by atoms with van der Waals surface area (Å²) in [6, 6.07) is 3.23. The van der Waals surface area contributed by atoms with Crippen molar-refractivity contribution in [2.75, 3.05) is 26.2 Å². The van der Waals surface area contributed by atoms with Crippen LogP contribution in [0.3, 0.4) is 0 Å². The van der Waals surface area contributed by atoms with Gasteiger partial charge in [-0.2, -0.15) is 13.2 Å². The quantitative estimate of drug-likeness (QED) is 0.796. The van der Waals surface area contributed by atoms with E-state index in [0.29, 0.717) is 18.0 Å². The van der Waals surface area contributed by atoms with Crippen molar-refractivity contribution in [2.45, 2.75) is 25.6 Å². The summed E-state index contributed by atoms with van der Waals surface area (Å²) >= 11 is 0. The Morgan fingerprint density at radius 2 is 1.83 bits per heavy atom. The number of piperidine rings is 1. The van der Waals surface area contributed by atoms with Gasteiger partial charge in [-0.1, -0.05) is 6.07 Å². The summed E-state index contributed by atoms with van der Waals surface area (Å²) in [7, 11) is 0. The van der Waals surface area contributed by atoms with Gasteiger partial charge in [-0.25, -0.2) is 4.39 Å². The first-order chi connectivity index (χ1) is 11.4. The Balaban J connectivity index is 1.23. The molecule has 24 heavy (non-hydrogen) atoms. The fourth-order valence-corrected chi connectivity index (χ4v) is 4.14. The molecule has 0 bridgehead atoms. The second-order valence-electron chi connectivity index (χ2n) is 7.60. The predicted octanol–water partition coefficient (Wildman–Crippen LogP) is 3.52. The number of rotatable bonds is 6. The van der Waals surface area contributed by atoms with Gasteiger partial charge in [-0.15, -0.1) is 0 Å². The van der Waals surface area contributed by atoms with Crippen molar-refractivity contribution in [1.82, 2.24) is 10.2 Å². The number of hydrogen-bond donors (Lipinski definition) is 1. The number of hydrogen-bond acceptors (Lipinski definition) is 2. The van der Waals surface area contributed by atoms with Crippen molar-refractivity contribution in [2.24, 2.45) is 23.7 Å². The predicted molar refractivity (Wildman–Crippen MR) is 82.7 cm³/mol. The maximum absolute atomic E-state index is 13.3. The highest BCUT2D eigenvalue weighted by atomic mass is 19.4. The molecule has 1 aromatic rings. The Bertz CT molecular complexity index is 600. The Morgan fingerprint density at radius 3 is 2.46 bits per heavy atom. The van der Waals surface area contributed by atoms with Gasteiger partial charge in [0.2, 0.25) is 0 Å². The monoisotopic (exact) mass is 342 g/mol. The van der Waals surface area contributed by atoms with Gasteiger partial charge in [0.05, 0.1) is 5.56 Å². The maximum Gasteiger partial charge on any atom is 0.419 e. The number of alkyl halides is 3. The van der Waals surface area contributed by atoms with Gasteiger partial charge in [0.25, 0.3) is 0 Å². The second-order valence-corrected chi connectivity index (χ2v) is 7.60. The summed E-state index contributed by atoms with van der Waals surface area (Å²) in [5.41, 5.74) is -0.703. The molecule has 132 valence electrons. The van der Waals surface area contributed by atoms with Crippen molar-refractivity contribution in [3.63, 3.8) is 0 Å². The van der Waals surface area contributed by atoms with Crippen molar-refractivity contribution in [1.29, 1.82) is 0 Å². The molecule has 0 spiro atoms. The van der Waals surface area contributed by atoms with Gasteiger partial charge in [-0.3, -0.25) is 0 Å². The standard InChI is InChI=1S/C18H22F4N2/c19-17-4-3-12(5-16(17)18(20,21)22)6-23-7-13-14-9-24(10-15(13)14)8-11-1-2-11/h3-5,11,13-15,23H,1-2,6-10H2. The Morgan fingerprint density at radius 1 is 1.12 bits per heavy atom. The first kappa shape index (κ1) is 16.3.